The summed E-state index contributed by atoms with van der Waals surface area (Å²) in [5.74, 6) is 0.634. The van der Waals surface area contributed by atoms with Crippen LogP contribution < -0.4 is 5.32 Å². The van der Waals surface area contributed by atoms with Gasteiger partial charge in [-0.05, 0) is 47.2 Å². The minimum atomic E-state index is -0.105. The molecule has 3 aromatic rings. The van der Waals surface area contributed by atoms with Crippen LogP contribution in [0.2, 0.25) is 0 Å². The van der Waals surface area contributed by atoms with Crippen LogP contribution in [0.3, 0.4) is 0 Å². The molecule has 0 aliphatic rings. The number of carbonyl (C=O) groups excluding carboxylic acids is 1. The summed E-state index contributed by atoms with van der Waals surface area (Å²) in [6.45, 7) is 0.393. The lowest BCUT2D eigenvalue weighted by Gasteiger charge is -2.05. The second-order valence-corrected chi connectivity index (χ2v) is 5.38. The van der Waals surface area contributed by atoms with Crippen LogP contribution in [0.4, 0.5) is 0 Å². The smallest absolute Gasteiger partial charge is 0.251 e. The van der Waals surface area contributed by atoms with Crippen molar-refractivity contribution in [3.8, 4) is 0 Å². The van der Waals surface area contributed by atoms with Gasteiger partial charge < -0.3 is 9.73 Å². The first-order valence-electron chi connectivity index (χ1n) is 6.22. The zero-order valence-corrected chi connectivity index (χ0v) is 12.2. The maximum Gasteiger partial charge on any atom is 0.251 e. The summed E-state index contributed by atoms with van der Waals surface area (Å²) in [6.07, 6.45) is 1.59. The van der Waals surface area contributed by atoms with Crippen molar-refractivity contribution in [3.63, 3.8) is 0 Å². The van der Waals surface area contributed by atoms with E-state index < -0.39 is 0 Å². The highest BCUT2D eigenvalue weighted by Crippen LogP contribution is 2.21. The molecule has 3 nitrogen and oxygen atoms in total. The summed E-state index contributed by atoms with van der Waals surface area (Å²) in [4.78, 5) is 12.1. The van der Waals surface area contributed by atoms with E-state index in [0.717, 1.165) is 21.0 Å². The van der Waals surface area contributed by atoms with Gasteiger partial charge in [-0.15, -0.1) is 0 Å². The first kappa shape index (κ1) is 12.9. The molecule has 0 aliphatic heterocycles. The highest BCUT2D eigenvalue weighted by Gasteiger charge is 2.07. The lowest BCUT2D eigenvalue weighted by atomic mass is 10.1. The van der Waals surface area contributed by atoms with Gasteiger partial charge in [-0.3, -0.25) is 4.79 Å². The highest BCUT2D eigenvalue weighted by atomic mass is 79.9. The fourth-order valence-corrected chi connectivity index (χ4v) is 2.42. The molecule has 0 unspecified atom stereocenters. The Hall–Kier alpha value is -2.07. The summed E-state index contributed by atoms with van der Waals surface area (Å²) < 4.78 is 6.21. The van der Waals surface area contributed by atoms with E-state index in [1.54, 1.807) is 12.3 Å². The Kier molecular flexibility index (Phi) is 3.56. The van der Waals surface area contributed by atoms with E-state index in [0.29, 0.717) is 12.1 Å². The average Bonchev–Trinajstić information content (AvgIpc) is 2.97. The Balaban J connectivity index is 1.79. The highest BCUT2D eigenvalue weighted by molar-refractivity contribution is 9.10. The number of hydrogen-bond acceptors (Lipinski definition) is 2. The van der Waals surface area contributed by atoms with Crippen molar-refractivity contribution in [3.05, 3.63) is 70.6 Å². The number of fused-ring (bicyclic) bond motifs is 1. The minimum Gasteiger partial charge on any atom is -0.467 e. The fourth-order valence-electron chi connectivity index (χ4n) is 2.04. The topological polar surface area (TPSA) is 42.2 Å². The molecule has 20 heavy (non-hydrogen) atoms. The predicted octanol–water partition coefficient (Wildman–Crippen LogP) is 4.13. The van der Waals surface area contributed by atoms with E-state index >= 15 is 0 Å². The second-order valence-electron chi connectivity index (χ2n) is 4.47. The Morgan fingerprint density at radius 1 is 1.10 bits per heavy atom. The minimum absolute atomic E-state index is 0.105. The number of halogens is 1. The first-order chi connectivity index (χ1) is 9.72. The number of benzene rings is 2. The molecule has 0 fully saturated rings. The van der Waals surface area contributed by atoms with Crippen LogP contribution in [0.5, 0.6) is 0 Å². The maximum absolute atomic E-state index is 12.1. The van der Waals surface area contributed by atoms with E-state index in [1.165, 1.54) is 0 Å². The quantitative estimate of drug-likeness (QED) is 0.785. The number of furan rings is 1. The van der Waals surface area contributed by atoms with Crippen LogP contribution in [0.25, 0.3) is 10.8 Å². The summed E-state index contributed by atoms with van der Waals surface area (Å²) in [5, 5.41) is 4.98. The van der Waals surface area contributed by atoms with Crippen molar-refractivity contribution >= 4 is 32.6 Å². The Bertz CT molecular complexity index is 750. The lowest BCUT2D eigenvalue weighted by molar-refractivity contribution is 0.0948. The third kappa shape index (κ3) is 2.75. The number of hydrogen-bond donors (Lipinski definition) is 1. The molecule has 0 atom stereocenters. The van der Waals surface area contributed by atoms with Crippen molar-refractivity contribution in [2.75, 3.05) is 0 Å². The zero-order valence-electron chi connectivity index (χ0n) is 10.6. The number of carbonyl (C=O) groups is 1. The van der Waals surface area contributed by atoms with Gasteiger partial charge >= 0.3 is 0 Å². The molecule has 2 aromatic carbocycles. The van der Waals surface area contributed by atoms with Crippen LogP contribution in [-0.2, 0) is 6.54 Å². The van der Waals surface area contributed by atoms with E-state index in [9.17, 15) is 4.79 Å². The van der Waals surface area contributed by atoms with Gasteiger partial charge in [0.25, 0.3) is 5.91 Å². The molecule has 1 heterocycles. The van der Waals surface area contributed by atoms with Gasteiger partial charge in [0.2, 0.25) is 0 Å². The number of rotatable bonds is 3. The number of amides is 1. The lowest BCUT2D eigenvalue weighted by Crippen LogP contribution is -2.22. The van der Waals surface area contributed by atoms with E-state index in [2.05, 4.69) is 21.2 Å². The Labute approximate surface area is 124 Å². The standard InChI is InChI=1S/C16H12BrNO2/c17-14-6-5-11-8-13(4-3-12(11)9-14)16(19)18-10-15-2-1-7-20-15/h1-9H,10H2,(H,18,19). The number of nitrogens with one attached hydrogen (secondary N) is 1. The van der Waals surface area contributed by atoms with Gasteiger partial charge in [0.1, 0.15) is 5.76 Å². The maximum atomic E-state index is 12.1. The van der Waals surface area contributed by atoms with Gasteiger partial charge in [-0.1, -0.05) is 28.1 Å². The molecule has 100 valence electrons. The zero-order chi connectivity index (χ0) is 13.9. The molecule has 0 radical (unpaired) electrons. The molecule has 0 saturated carbocycles. The van der Waals surface area contributed by atoms with Gasteiger partial charge in [-0.25, -0.2) is 0 Å². The van der Waals surface area contributed by atoms with Crippen LogP contribution >= 0.6 is 15.9 Å². The van der Waals surface area contributed by atoms with E-state index in [4.69, 9.17) is 4.42 Å². The molecule has 0 aliphatic carbocycles. The van der Waals surface area contributed by atoms with E-state index in [-0.39, 0.29) is 5.91 Å². The largest absolute Gasteiger partial charge is 0.467 e. The molecule has 1 amide bonds. The Morgan fingerprint density at radius 3 is 2.70 bits per heavy atom. The monoisotopic (exact) mass is 329 g/mol. The van der Waals surface area contributed by atoms with Gasteiger partial charge in [0.15, 0.2) is 0 Å². The molecule has 0 saturated heterocycles. The summed E-state index contributed by atoms with van der Waals surface area (Å²) in [6, 6.07) is 15.3. The SMILES string of the molecule is O=C(NCc1ccco1)c1ccc2cc(Br)ccc2c1. The molecule has 3 rings (SSSR count). The van der Waals surface area contributed by atoms with Crippen molar-refractivity contribution in [1.82, 2.24) is 5.32 Å². The van der Waals surface area contributed by atoms with Crippen molar-refractivity contribution in [2.45, 2.75) is 6.54 Å². The summed E-state index contributed by atoms with van der Waals surface area (Å²) in [5.41, 5.74) is 0.645. The molecule has 4 heteroatoms. The van der Waals surface area contributed by atoms with Crippen LogP contribution in [0.15, 0.2) is 63.7 Å². The van der Waals surface area contributed by atoms with Crippen molar-refractivity contribution in [1.29, 1.82) is 0 Å². The molecular formula is C16H12BrNO2. The summed E-state index contributed by atoms with van der Waals surface area (Å²) in [7, 11) is 0. The Morgan fingerprint density at radius 2 is 1.90 bits per heavy atom. The second kappa shape index (κ2) is 5.51. The van der Waals surface area contributed by atoms with E-state index in [1.807, 2.05) is 42.5 Å². The van der Waals surface area contributed by atoms with Crippen molar-refractivity contribution < 1.29 is 9.21 Å². The average molecular weight is 330 g/mol. The normalized spacial score (nSPS) is 10.7. The molecule has 0 spiro atoms. The van der Waals surface area contributed by atoms with Gasteiger partial charge in [-0.2, -0.15) is 0 Å². The van der Waals surface area contributed by atoms with Crippen LogP contribution in [0.1, 0.15) is 16.1 Å². The van der Waals surface area contributed by atoms with Gasteiger partial charge in [0, 0.05) is 10.0 Å². The van der Waals surface area contributed by atoms with Crippen molar-refractivity contribution in [2.24, 2.45) is 0 Å². The fraction of sp³-hybridized carbons (Fsp3) is 0.0625. The first-order valence-corrected chi connectivity index (χ1v) is 7.01. The van der Waals surface area contributed by atoms with Crippen LogP contribution in [-0.4, -0.2) is 5.91 Å². The molecule has 1 aromatic heterocycles. The third-order valence-electron chi connectivity index (χ3n) is 3.07. The molecule has 0 bridgehead atoms. The summed E-state index contributed by atoms with van der Waals surface area (Å²) >= 11 is 3.44. The predicted molar refractivity (Wildman–Crippen MR) is 81.5 cm³/mol. The third-order valence-corrected chi connectivity index (χ3v) is 3.56. The van der Waals surface area contributed by atoms with Crippen LogP contribution in [0, 0.1) is 0 Å². The molecular weight excluding hydrogens is 318 g/mol. The van der Waals surface area contributed by atoms with Gasteiger partial charge in [0.05, 0.1) is 12.8 Å². The molecule has 1 N–H and O–H groups in total.